The third kappa shape index (κ3) is 4.21. The number of halogens is 1. The van der Waals surface area contributed by atoms with Gasteiger partial charge in [0.15, 0.2) is 0 Å². The van der Waals surface area contributed by atoms with E-state index in [1.807, 2.05) is 6.07 Å². The Balaban J connectivity index is 2.22. The Morgan fingerprint density at radius 3 is 2.71 bits per heavy atom. The van der Waals surface area contributed by atoms with Gasteiger partial charge >= 0.3 is 0 Å². The molecule has 1 aliphatic heterocycles. The van der Waals surface area contributed by atoms with Crippen molar-refractivity contribution in [1.82, 2.24) is 10.2 Å². The highest BCUT2D eigenvalue weighted by Gasteiger charge is 2.34. The van der Waals surface area contributed by atoms with Crippen LogP contribution in [0.1, 0.15) is 33.3 Å². The molecule has 2 atom stereocenters. The predicted molar refractivity (Wildman–Crippen MR) is 91.8 cm³/mol. The summed E-state index contributed by atoms with van der Waals surface area (Å²) >= 11 is 3.67. The molecule has 0 saturated carbocycles. The minimum Gasteiger partial charge on any atom is -0.497 e. The Hall–Kier alpha value is -0.580. The van der Waals surface area contributed by atoms with E-state index in [4.69, 9.17) is 4.74 Å². The Bertz CT molecular complexity index is 484. The van der Waals surface area contributed by atoms with Gasteiger partial charge in [0, 0.05) is 36.2 Å². The zero-order valence-corrected chi connectivity index (χ0v) is 15.3. The number of hydrogen-bond donors (Lipinski definition) is 1. The maximum atomic E-state index is 5.36. The van der Waals surface area contributed by atoms with Crippen LogP contribution in [0.2, 0.25) is 0 Å². The highest BCUT2D eigenvalue weighted by molar-refractivity contribution is 9.10. The second-order valence-corrected chi connectivity index (χ2v) is 7.93. The van der Waals surface area contributed by atoms with E-state index in [0.717, 1.165) is 29.9 Å². The minimum absolute atomic E-state index is 0.262. The van der Waals surface area contributed by atoms with E-state index in [1.54, 1.807) is 7.11 Å². The van der Waals surface area contributed by atoms with Gasteiger partial charge in [-0.05, 0) is 36.1 Å². The summed E-state index contributed by atoms with van der Waals surface area (Å²) in [5, 5.41) is 3.61. The Morgan fingerprint density at radius 1 is 1.38 bits per heavy atom. The number of nitrogens with zero attached hydrogens (tertiary/aromatic N) is 1. The first-order chi connectivity index (χ1) is 9.81. The molecular weight excluding hydrogens is 328 g/mol. The average molecular weight is 355 g/mol. The van der Waals surface area contributed by atoms with Gasteiger partial charge in [0.2, 0.25) is 0 Å². The zero-order chi connectivity index (χ0) is 15.6. The lowest BCUT2D eigenvalue weighted by molar-refractivity contribution is 0.0524. The van der Waals surface area contributed by atoms with Gasteiger partial charge < -0.3 is 10.1 Å². The fourth-order valence-electron chi connectivity index (χ4n) is 3.03. The van der Waals surface area contributed by atoms with Crippen molar-refractivity contribution in [2.75, 3.05) is 20.2 Å². The molecule has 1 aromatic carbocycles. The van der Waals surface area contributed by atoms with Gasteiger partial charge in [-0.15, -0.1) is 0 Å². The third-order valence-corrected chi connectivity index (χ3v) is 5.01. The molecule has 3 nitrogen and oxygen atoms in total. The van der Waals surface area contributed by atoms with E-state index in [0.29, 0.717) is 12.1 Å². The van der Waals surface area contributed by atoms with E-state index in [1.165, 1.54) is 5.56 Å². The van der Waals surface area contributed by atoms with Crippen LogP contribution in [0.3, 0.4) is 0 Å². The summed E-state index contributed by atoms with van der Waals surface area (Å²) in [7, 11) is 1.72. The molecule has 4 heteroatoms. The summed E-state index contributed by atoms with van der Waals surface area (Å²) < 4.78 is 6.52. The van der Waals surface area contributed by atoms with Crippen molar-refractivity contribution in [3.8, 4) is 5.75 Å². The van der Waals surface area contributed by atoms with Gasteiger partial charge in [0.25, 0.3) is 0 Å². The van der Waals surface area contributed by atoms with E-state index < -0.39 is 0 Å². The maximum absolute atomic E-state index is 5.36. The van der Waals surface area contributed by atoms with Crippen LogP contribution >= 0.6 is 15.9 Å². The van der Waals surface area contributed by atoms with Gasteiger partial charge in [-0.1, -0.05) is 36.7 Å². The topological polar surface area (TPSA) is 24.5 Å². The molecule has 118 valence electrons. The van der Waals surface area contributed by atoms with Gasteiger partial charge in [-0.3, -0.25) is 4.90 Å². The third-order valence-electron chi connectivity index (χ3n) is 4.23. The second kappa shape index (κ2) is 6.67. The molecule has 0 aliphatic carbocycles. The molecule has 0 amide bonds. The van der Waals surface area contributed by atoms with Crippen LogP contribution in [-0.2, 0) is 6.54 Å². The Morgan fingerprint density at radius 2 is 2.10 bits per heavy atom. The molecule has 21 heavy (non-hydrogen) atoms. The Kier molecular flexibility index (Phi) is 5.33. The summed E-state index contributed by atoms with van der Waals surface area (Å²) in [5.41, 5.74) is 1.55. The molecule has 1 heterocycles. The molecule has 0 spiro atoms. The highest BCUT2D eigenvalue weighted by atomic mass is 79.9. The van der Waals surface area contributed by atoms with Crippen molar-refractivity contribution in [3.63, 3.8) is 0 Å². The standard InChI is InChI=1S/C17H27BrN2O/c1-12-10-20(16(9-19-12)17(2,3)4)11-13-8-14(21-5)6-7-15(13)18/h6-8,12,16,19H,9-11H2,1-5H3. The number of methoxy groups -OCH3 is 1. The summed E-state index contributed by atoms with van der Waals surface area (Å²) in [4.78, 5) is 2.60. The van der Waals surface area contributed by atoms with Crippen LogP contribution < -0.4 is 10.1 Å². The van der Waals surface area contributed by atoms with Crippen LogP contribution in [0.25, 0.3) is 0 Å². The van der Waals surface area contributed by atoms with Gasteiger partial charge in [0.05, 0.1) is 7.11 Å². The number of piperazine rings is 1. The molecule has 0 bridgehead atoms. The van der Waals surface area contributed by atoms with Crippen LogP contribution in [-0.4, -0.2) is 37.2 Å². The van der Waals surface area contributed by atoms with Crippen LogP contribution in [0.15, 0.2) is 22.7 Å². The van der Waals surface area contributed by atoms with Crippen molar-refractivity contribution < 1.29 is 4.74 Å². The molecule has 1 saturated heterocycles. The van der Waals surface area contributed by atoms with Crippen molar-refractivity contribution in [2.45, 2.75) is 46.3 Å². The highest BCUT2D eigenvalue weighted by Crippen LogP contribution is 2.30. The summed E-state index contributed by atoms with van der Waals surface area (Å²) in [6.45, 7) is 12.3. The number of rotatable bonds is 3. The van der Waals surface area contributed by atoms with E-state index in [2.05, 4.69) is 66.0 Å². The molecule has 1 N–H and O–H groups in total. The van der Waals surface area contributed by atoms with Crippen molar-refractivity contribution >= 4 is 15.9 Å². The first kappa shape index (κ1) is 16.8. The summed E-state index contributed by atoms with van der Waals surface area (Å²) in [5.74, 6) is 0.920. The first-order valence-electron chi connectivity index (χ1n) is 7.61. The van der Waals surface area contributed by atoms with Crippen molar-refractivity contribution in [2.24, 2.45) is 5.41 Å². The Labute approximate surface area is 137 Å². The molecule has 2 unspecified atom stereocenters. The van der Waals surface area contributed by atoms with Crippen LogP contribution in [0.5, 0.6) is 5.75 Å². The van der Waals surface area contributed by atoms with Crippen LogP contribution in [0, 0.1) is 5.41 Å². The van der Waals surface area contributed by atoms with Gasteiger partial charge in [-0.2, -0.15) is 0 Å². The monoisotopic (exact) mass is 354 g/mol. The van der Waals surface area contributed by atoms with E-state index >= 15 is 0 Å². The average Bonchev–Trinajstić information content (AvgIpc) is 2.40. The summed E-state index contributed by atoms with van der Waals surface area (Å²) in [6.07, 6.45) is 0. The number of nitrogens with one attached hydrogen (secondary N) is 1. The number of hydrogen-bond acceptors (Lipinski definition) is 3. The largest absolute Gasteiger partial charge is 0.497 e. The van der Waals surface area contributed by atoms with Crippen molar-refractivity contribution in [3.05, 3.63) is 28.2 Å². The molecule has 1 aliphatic rings. The molecule has 2 rings (SSSR count). The lowest BCUT2D eigenvalue weighted by Crippen LogP contribution is -2.59. The fraction of sp³-hybridized carbons (Fsp3) is 0.647. The van der Waals surface area contributed by atoms with Gasteiger partial charge in [0.1, 0.15) is 5.75 Å². The van der Waals surface area contributed by atoms with E-state index in [-0.39, 0.29) is 5.41 Å². The maximum Gasteiger partial charge on any atom is 0.119 e. The molecule has 0 radical (unpaired) electrons. The zero-order valence-electron chi connectivity index (χ0n) is 13.7. The molecule has 1 fully saturated rings. The predicted octanol–water partition coefficient (Wildman–Crippen LogP) is 3.67. The fourth-order valence-corrected chi connectivity index (χ4v) is 3.40. The number of ether oxygens (including phenoxy) is 1. The lowest BCUT2D eigenvalue weighted by Gasteiger charge is -2.46. The smallest absolute Gasteiger partial charge is 0.119 e. The molecule has 0 aromatic heterocycles. The minimum atomic E-state index is 0.262. The second-order valence-electron chi connectivity index (χ2n) is 7.08. The molecular formula is C17H27BrN2O. The normalized spacial score (nSPS) is 24.1. The molecule has 1 aromatic rings. The van der Waals surface area contributed by atoms with Gasteiger partial charge in [-0.25, -0.2) is 0 Å². The summed E-state index contributed by atoms with van der Waals surface area (Å²) in [6, 6.07) is 7.28. The first-order valence-corrected chi connectivity index (χ1v) is 8.40. The quantitative estimate of drug-likeness (QED) is 0.896. The van der Waals surface area contributed by atoms with Crippen LogP contribution in [0.4, 0.5) is 0 Å². The lowest BCUT2D eigenvalue weighted by atomic mass is 9.83. The van der Waals surface area contributed by atoms with E-state index in [9.17, 15) is 0 Å². The number of benzene rings is 1. The van der Waals surface area contributed by atoms with Crippen molar-refractivity contribution in [1.29, 1.82) is 0 Å². The SMILES string of the molecule is COc1ccc(Br)c(CN2CC(C)NCC2C(C)(C)C)c1.